The summed E-state index contributed by atoms with van der Waals surface area (Å²) in [6.07, 6.45) is -5.00. The van der Waals surface area contributed by atoms with Crippen LogP contribution in [-0.4, -0.2) is 22.0 Å². The first-order chi connectivity index (χ1) is 16.5. The van der Waals surface area contributed by atoms with E-state index in [0.29, 0.717) is 10.5 Å². The monoisotopic (exact) mass is 610 g/mol. The van der Waals surface area contributed by atoms with Crippen molar-refractivity contribution in [2.24, 2.45) is 0 Å². The van der Waals surface area contributed by atoms with E-state index < -0.39 is 51.9 Å². The van der Waals surface area contributed by atoms with Gasteiger partial charge in [0.05, 0.1) is 33.6 Å². The van der Waals surface area contributed by atoms with Gasteiger partial charge in [-0.2, -0.15) is 13.2 Å². The molecule has 178 valence electrons. The highest BCUT2D eigenvalue weighted by Gasteiger charge is 2.40. The summed E-state index contributed by atoms with van der Waals surface area (Å²) in [5.41, 5.74) is -3.16. The second-order valence-electron chi connectivity index (χ2n) is 7.31. The number of aromatic carboxylic acids is 1. The molecule has 0 radical (unpaired) electrons. The second kappa shape index (κ2) is 9.38. The Bertz CT molecular complexity index is 1470. The molecule has 0 fully saturated rings. The van der Waals surface area contributed by atoms with Crippen molar-refractivity contribution in [3.05, 3.63) is 92.1 Å². The number of nitrogens with zero attached hydrogens (tertiary/aromatic N) is 1. The van der Waals surface area contributed by atoms with E-state index in [1.165, 1.54) is 24.3 Å². The molecule has 5 nitrogen and oxygen atoms in total. The van der Waals surface area contributed by atoms with Gasteiger partial charge >= 0.3 is 12.1 Å². The van der Waals surface area contributed by atoms with Crippen molar-refractivity contribution in [1.82, 2.24) is 4.98 Å². The molecule has 0 unspecified atom stereocenters. The van der Waals surface area contributed by atoms with Gasteiger partial charge in [0.15, 0.2) is 0 Å². The third-order valence-corrected chi connectivity index (χ3v) is 6.15. The van der Waals surface area contributed by atoms with Gasteiger partial charge in [-0.3, -0.25) is 4.79 Å². The first-order valence-electron chi connectivity index (χ1n) is 9.77. The zero-order chi connectivity index (χ0) is 25.5. The van der Waals surface area contributed by atoms with E-state index in [4.69, 9.17) is 5.11 Å². The van der Waals surface area contributed by atoms with E-state index in [-0.39, 0.29) is 20.9 Å². The van der Waals surface area contributed by atoms with Crippen molar-refractivity contribution in [3.63, 3.8) is 0 Å². The number of rotatable bonds is 4. The van der Waals surface area contributed by atoms with Gasteiger partial charge in [-0.05, 0) is 46.3 Å². The molecule has 11 heteroatoms. The number of halogens is 6. The van der Waals surface area contributed by atoms with Crippen LogP contribution in [0.15, 0.2) is 69.6 Å². The van der Waals surface area contributed by atoms with Crippen molar-refractivity contribution in [2.75, 3.05) is 5.32 Å². The van der Waals surface area contributed by atoms with Gasteiger partial charge in [-0.25, -0.2) is 14.2 Å². The summed E-state index contributed by atoms with van der Waals surface area (Å²) in [5, 5.41) is 11.1. The van der Waals surface area contributed by atoms with Crippen LogP contribution in [0.4, 0.5) is 23.2 Å². The number of pyridine rings is 1. The van der Waals surface area contributed by atoms with Crippen molar-refractivity contribution in [2.45, 2.75) is 6.18 Å². The minimum Gasteiger partial charge on any atom is -0.478 e. The summed E-state index contributed by atoms with van der Waals surface area (Å²) >= 11 is 6.18. The van der Waals surface area contributed by atoms with Crippen LogP contribution in [0.3, 0.4) is 0 Å². The molecule has 0 aliphatic rings. The molecule has 0 bridgehead atoms. The highest BCUT2D eigenvalue weighted by molar-refractivity contribution is 9.10. The van der Waals surface area contributed by atoms with E-state index in [1.807, 2.05) is 0 Å². The third kappa shape index (κ3) is 4.92. The smallest absolute Gasteiger partial charge is 0.419 e. The molecule has 35 heavy (non-hydrogen) atoms. The van der Waals surface area contributed by atoms with E-state index in [2.05, 4.69) is 42.2 Å². The van der Waals surface area contributed by atoms with Crippen LogP contribution in [0.25, 0.3) is 22.2 Å². The Balaban J connectivity index is 2.00. The SMILES string of the molecule is O=C(O)c1cc(F)c(NC(=O)c2c(C(F)(F)F)c(-c3ccccc3)nc3ccc(Br)cc23)c(Br)c1. The normalized spacial score (nSPS) is 11.5. The molecule has 3 aromatic carbocycles. The highest BCUT2D eigenvalue weighted by Crippen LogP contribution is 2.42. The molecule has 0 saturated heterocycles. The second-order valence-corrected chi connectivity index (χ2v) is 9.08. The van der Waals surface area contributed by atoms with Gasteiger partial charge in [0.2, 0.25) is 0 Å². The van der Waals surface area contributed by atoms with Gasteiger partial charge in [0.25, 0.3) is 5.91 Å². The topological polar surface area (TPSA) is 79.3 Å². The van der Waals surface area contributed by atoms with Gasteiger partial charge in [0.1, 0.15) is 5.82 Å². The number of hydrogen-bond acceptors (Lipinski definition) is 3. The fourth-order valence-corrected chi connectivity index (χ4v) is 4.44. The van der Waals surface area contributed by atoms with E-state index in [1.54, 1.807) is 24.3 Å². The number of fused-ring (bicyclic) bond motifs is 1. The van der Waals surface area contributed by atoms with E-state index in [0.717, 1.165) is 6.07 Å². The van der Waals surface area contributed by atoms with Crippen molar-refractivity contribution in [1.29, 1.82) is 0 Å². The Labute approximate surface area is 212 Å². The first-order valence-corrected chi connectivity index (χ1v) is 11.4. The van der Waals surface area contributed by atoms with Crippen LogP contribution >= 0.6 is 31.9 Å². The number of nitrogens with one attached hydrogen (secondary N) is 1. The van der Waals surface area contributed by atoms with Gasteiger partial charge in [0, 0.05) is 19.9 Å². The van der Waals surface area contributed by atoms with E-state index in [9.17, 15) is 27.2 Å². The molecular weight excluding hydrogens is 600 g/mol. The molecule has 0 saturated carbocycles. The number of alkyl halides is 3. The summed E-state index contributed by atoms with van der Waals surface area (Å²) in [4.78, 5) is 28.7. The Morgan fingerprint density at radius 2 is 1.66 bits per heavy atom. The van der Waals surface area contributed by atoms with Gasteiger partial charge < -0.3 is 10.4 Å². The van der Waals surface area contributed by atoms with Gasteiger partial charge in [-0.1, -0.05) is 46.3 Å². The van der Waals surface area contributed by atoms with Gasteiger partial charge in [-0.15, -0.1) is 0 Å². The molecule has 0 aliphatic carbocycles. The number of anilines is 1. The fraction of sp³-hybridized carbons (Fsp3) is 0.0417. The van der Waals surface area contributed by atoms with Crippen LogP contribution in [0, 0.1) is 5.82 Å². The molecule has 0 spiro atoms. The lowest BCUT2D eigenvalue weighted by molar-refractivity contribution is -0.137. The Morgan fingerprint density at radius 1 is 0.971 bits per heavy atom. The number of carbonyl (C=O) groups is 2. The maximum atomic E-state index is 14.7. The van der Waals surface area contributed by atoms with Crippen molar-refractivity contribution < 1.29 is 32.3 Å². The summed E-state index contributed by atoms with van der Waals surface area (Å²) in [6, 6.07) is 13.6. The average Bonchev–Trinajstić information content (AvgIpc) is 2.79. The maximum Gasteiger partial charge on any atom is 0.419 e. The molecular formula is C24H12Br2F4N2O3. The standard InChI is InChI=1S/C24H12Br2F4N2O3/c25-13-6-7-17-14(10-13)18(19(24(28,29)30)20(31-17)11-4-2-1-3-5-11)22(33)32-21-15(26)8-12(23(34)35)9-16(21)27/h1-10H,(H,32,33)(H,34,35). The largest absolute Gasteiger partial charge is 0.478 e. The van der Waals surface area contributed by atoms with Crippen molar-refractivity contribution >= 4 is 60.3 Å². The number of amides is 1. The quantitative estimate of drug-likeness (QED) is 0.234. The number of carboxylic acid groups (broad SMARTS) is 1. The number of benzene rings is 3. The molecule has 1 heterocycles. The maximum absolute atomic E-state index is 14.7. The van der Waals surface area contributed by atoms with Crippen LogP contribution in [0.2, 0.25) is 0 Å². The lowest BCUT2D eigenvalue weighted by Crippen LogP contribution is -2.22. The van der Waals surface area contributed by atoms with Crippen molar-refractivity contribution in [3.8, 4) is 11.3 Å². The van der Waals surface area contributed by atoms with Crippen LogP contribution in [0.1, 0.15) is 26.3 Å². The lowest BCUT2D eigenvalue weighted by atomic mass is 9.95. The summed E-state index contributed by atoms with van der Waals surface area (Å²) < 4.78 is 58.2. The highest BCUT2D eigenvalue weighted by atomic mass is 79.9. The number of hydrogen-bond donors (Lipinski definition) is 2. The lowest BCUT2D eigenvalue weighted by Gasteiger charge is -2.20. The molecule has 4 aromatic rings. The summed E-state index contributed by atoms with van der Waals surface area (Å²) in [6.45, 7) is 0. The van der Waals surface area contributed by atoms with Crippen LogP contribution in [-0.2, 0) is 6.18 Å². The Kier molecular flexibility index (Phi) is 6.65. The molecule has 0 aliphatic heterocycles. The summed E-state index contributed by atoms with van der Waals surface area (Å²) in [5.74, 6) is -3.80. The zero-order valence-electron chi connectivity index (χ0n) is 17.3. The third-order valence-electron chi connectivity index (χ3n) is 5.03. The predicted molar refractivity (Wildman–Crippen MR) is 129 cm³/mol. The Hall–Kier alpha value is -3.31. The fourth-order valence-electron chi connectivity index (χ4n) is 3.54. The first kappa shape index (κ1) is 24.8. The van der Waals surface area contributed by atoms with E-state index >= 15 is 0 Å². The molecule has 1 aromatic heterocycles. The van der Waals surface area contributed by atoms with Crippen LogP contribution in [0.5, 0.6) is 0 Å². The number of aromatic nitrogens is 1. The number of carbonyl (C=O) groups excluding carboxylic acids is 1. The molecule has 0 atom stereocenters. The Morgan fingerprint density at radius 3 is 2.26 bits per heavy atom. The zero-order valence-corrected chi connectivity index (χ0v) is 20.4. The average molecular weight is 612 g/mol. The number of carboxylic acids is 1. The minimum absolute atomic E-state index is 0.109. The summed E-state index contributed by atoms with van der Waals surface area (Å²) in [7, 11) is 0. The van der Waals surface area contributed by atoms with Crippen LogP contribution < -0.4 is 5.32 Å². The predicted octanol–water partition coefficient (Wildman–Crippen LogP) is 7.54. The minimum atomic E-state index is -5.00. The molecule has 1 amide bonds. The molecule has 2 N–H and O–H groups in total. The molecule has 4 rings (SSSR count).